The first-order valence-corrected chi connectivity index (χ1v) is 5.73. The van der Waals surface area contributed by atoms with E-state index in [-0.39, 0.29) is 5.91 Å². The Balaban J connectivity index is 2.22. The zero-order valence-electron chi connectivity index (χ0n) is 8.88. The monoisotopic (exact) mass is 232 g/mol. The van der Waals surface area contributed by atoms with Crippen LogP contribution in [0.15, 0.2) is 41.8 Å². The van der Waals surface area contributed by atoms with Gasteiger partial charge in [-0.05, 0) is 35.7 Å². The van der Waals surface area contributed by atoms with Crippen LogP contribution in [0, 0.1) is 0 Å². The van der Waals surface area contributed by atoms with Crippen LogP contribution in [0.25, 0.3) is 0 Å². The molecule has 2 aromatic rings. The molecule has 0 saturated heterocycles. The Morgan fingerprint density at radius 2 is 1.94 bits per heavy atom. The van der Waals surface area contributed by atoms with Crippen molar-refractivity contribution in [1.82, 2.24) is 0 Å². The molecule has 16 heavy (non-hydrogen) atoms. The second kappa shape index (κ2) is 4.37. The minimum Gasteiger partial charge on any atom is -0.399 e. The van der Waals surface area contributed by atoms with Gasteiger partial charge in [0, 0.05) is 18.4 Å². The Kier molecular flexibility index (Phi) is 2.92. The molecule has 0 aliphatic heterocycles. The van der Waals surface area contributed by atoms with Crippen LogP contribution in [-0.4, -0.2) is 13.0 Å². The first-order valence-electron chi connectivity index (χ1n) is 4.85. The second-order valence-corrected chi connectivity index (χ2v) is 4.38. The van der Waals surface area contributed by atoms with Crippen molar-refractivity contribution in [3.63, 3.8) is 0 Å². The highest BCUT2D eigenvalue weighted by Crippen LogP contribution is 2.19. The lowest BCUT2D eigenvalue weighted by Crippen LogP contribution is -2.25. The van der Waals surface area contributed by atoms with Gasteiger partial charge in [-0.15, -0.1) is 11.3 Å². The van der Waals surface area contributed by atoms with Crippen LogP contribution >= 0.6 is 11.3 Å². The maximum atomic E-state index is 12.0. The fraction of sp³-hybridized carbons (Fsp3) is 0.0833. The molecular formula is C12H12N2OS. The molecule has 3 nitrogen and oxygen atoms in total. The largest absolute Gasteiger partial charge is 0.399 e. The third-order valence-corrected chi connectivity index (χ3v) is 3.17. The first kappa shape index (κ1) is 10.7. The number of carbonyl (C=O) groups excluding carboxylic acids is 1. The average molecular weight is 232 g/mol. The minimum atomic E-state index is -0.000212. The van der Waals surface area contributed by atoms with Gasteiger partial charge in [0.2, 0.25) is 0 Å². The van der Waals surface area contributed by atoms with Crippen LogP contribution in [0.5, 0.6) is 0 Å². The summed E-state index contributed by atoms with van der Waals surface area (Å²) in [6.07, 6.45) is 0. The van der Waals surface area contributed by atoms with Crippen molar-refractivity contribution in [1.29, 1.82) is 0 Å². The predicted molar refractivity (Wildman–Crippen MR) is 67.9 cm³/mol. The van der Waals surface area contributed by atoms with E-state index in [1.54, 1.807) is 24.1 Å². The molecule has 2 rings (SSSR count). The molecule has 2 N–H and O–H groups in total. The van der Waals surface area contributed by atoms with Crippen molar-refractivity contribution in [2.45, 2.75) is 0 Å². The Labute approximate surface area is 98.1 Å². The third kappa shape index (κ3) is 2.06. The van der Waals surface area contributed by atoms with Crippen molar-refractivity contribution in [2.75, 3.05) is 17.7 Å². The Morgan fingerprint density at radius 3 is 2.50 bits per heavy atom. The second-order valence-electron chi connectivity index (χ2n) is 3.43. The third-order valence-electron chi connectivity index (χ3n) is 2.32. The van der Waals surface area contributed by atoms with Gasteiger partial charge in [-0.2, -0.15) is 0 Å². The van der Waals surface area contributed by atoms with Crippen LogP contribution in [-0.2, 0) is 0 Å². The Morgan fingerprint density at radius 1 is 1.25 bits per heavy atom. The van der Waals surface area contributed by atoms with Gasteiger partial charge in [0.25, 0.3) is 5.91 Å². The SMILES string of the molecule is CN(C(=O)c1cccs1)c1ccc(N)cc1. The summed E-state index contributed by atoms with van der Waals surface area (Å²) >= 11 is 1.44. The Bertz CT molecular complexity index is 476. The molecule has 0 atom stereocenters. The molecule has 1 aromatic heterocycles. The predicted octanol–water partition coefficient (Wildman–Crippen LogP) is 2.61. The summed E-state index contributed by atoms with van der Waals surface area (Å²) in [5.74, 6) is -0.000212. The molecule has 0 radical (unpaired) electrons. The van der Waals surface area contributed by atoms with Gasteiger partial charge in [0.1, 0.15) is 0 Å². The van der Waals surface area contributed by atoms with Crippen LogP contribution in [0.1, 0.15) is 9.67 Å². The van der Waals surface area contributed by atoms with Crippen molar-refractivity contribution in [3.8, 4) is 0 Å². The van der Waals surface area contributed by atoms with E-state index in [4.69, 9.17) is 5.73 Å². The number of carbonyl (C=O) groups is 1. The van der Waals surface area contributed by atoms with Crippen LogP contribution in [0.4, 0.5) is 11.4 Å². The van der Waals surface area contributed by atoms with Crippen molar-refractivity contribution in [3.05, 3.63) is 46.7 Å². The first-order chi connectivity index (χ1) is 7.68. The molecule has 0 unspecified atom stereocenters. The summed E-state index contributed by atoms with van der Waals surface area (Å²) in [5, 5.41) is 1.89. The van der Waals surface area contributed by atoms with Crippen molar-refractivity contribution in [2.24, 2.45) is 0 Å². The maximum Gasteiger partial charge on any atom is 0.268 e. The highest BCUT2D eigenvalue weighted by molar-refractivity contribution is 7.12. The molecule has 0 spiro atoms. The van der Waals surface area contributed by atoms with E-state index in [0.29, 0.717) is 5.69 Å². The molecule has 4 heteroatoms. The minimum absolute atomic E-state index is 0.000212. The molecule has 0 fully saturated rings. The number of thiophene rings is 1. The summed E-state index contributed by atoms with van der Waals surface area (Å²) in [7, 11) is 1.76. The lowest BCUT2D eigenvalue weighted by atomic mass is 10.2. The lowest BCUT2D eigenvalue weighted by molar-refractivity contribution is 0.0997. The lowest BCUT2D eigenvalue weighted by Gasteiger charge is -2.16. The summed E-state index contributed by atoms with van der Waals surface area (Å²) in [6, 6.07) is 10.9. The maximum absolute atomic E-state index is 12.0. The Hall–Kier alpha value is -1.81. The smallest absolute Gasteiger partial charge is 0.268 e. The van der Waals surface area contributed by atoms with Gasteiger partial charge < -0.3 is 10.6 Å². The number of amides is 1. The van der Waals surface area contributed by atoms with E-state index >= 15 is 0 Å². The quantitative estimate of drug-likeness (QED) is 0.809. The molecule has 0 bridgehead atoms. The summed E-state index contributed by atoms with van der Waals surface area (Å²) in [5.41, 5.74) is 7.13. The molecule has 82 valence electrons. The van der Waals surface area contributed by atoms with Crippen LogP contribution in [0.3, 0.4) is 0 Å². The highest BCUT2D eigenvalue weighted by Gasteiger charge is 2.13. The van der Waals surface area contributed by atoms with E-state index in [0.717, 1.165) is 10.6 Å². The van der Waals surface area contributed by atoms with Gasteiger partial charge in [-0.1, -0.05) is 6.07 Å². The number of nitrogens with zero attached hydrogens (tertiary/aromatic N) is 1. The molecule has 0 saturated carbocycles. The van der Waals surface area contributed by atoms with Gasteiger partial charge >= 0.3 is 0 Å². The zero-order chi connectivity index (χ0) is 11.5. The number of nitrogens with two attached hydrogens (primary N) is 1. The number of hydrogen-bond acceptors (Lipinski definition) is 3. The number of hydrogen-bond donors (Lipinski definition) is 1. The van der Waals surface area contributed by atoms with Gasteiger partial charge in [-0.25, -0.2) is 0 Å². The summed E-state index contributed by atoms with van der Waals surface area (Å²) < 4.78 is 0. The van der Waals surface area contributed by atoms with Crippen molar-refractivity contribution >= 4 is 28.6 Å². The molecule has 1 aromatic carbocycles. The molecule has 1 amide bonds. The summed E-state index contributed by atoms with van der Waals surface area (Å²) in [4.78, 5) is 14.3. The summed E-state index contributed by atoms with van der Waals surface area (Å²) in [6.45, 7) is 0. The molecule has 0 aliphatic carbocycles. The topological polar surface area (TPSA) is 46.3 Å². The number of anilines is 2. The van der Waals surface area contributed by atoms with E-state index in [1.165, 1.54) is 11.3 Å². The van der Waals surface area contributed by atoms with E-state index < -0.39 is 0 Å². The van der Waals surface area contributed by atoms with E-state index in [2.05, 4.69) is 0 Å². The van der Waals surface area contributed by atoms with Gasteiger partial charge in [-0.3, -0.25) is 4.79 Å². The normalized spacial score (nSPS) is 10.1. The fourth-order valence-electron chi connectivity index (χ4n) is 1.38. The molecule has 1 heterocycles. The number of benzene rings is 1. The number of rotatable bonds is 2. The van der Waals surface area contributed by atoms with Crippen LogP contribution in [0.2, 0.25) is 0 Å². The van der Waals surface area contributed by atoms with Gasteiger partial charge in [0.05, 0.1) is 4.88 Å². The fourth-order valence-corrected chi connectivity index (χ4v) is 2.08. The van der Waals surface area contributed by atoms with E-state index in [1.807, 2.05) is 29.6 Å². The standard InChI is InChI=1S/C12H12N2OS/c1-14(10-6-4-9(13)5-7-10)12(15)11-3-2-8-16-11/h2-8H,13H2,1H3. The van der Waals surface area contributed by atoms with Crippen LogP contribution < -0.4 is 10.6 Å². The van der Waals surface area contributed by atoms with Gasteiger partial charge in [0.15, 0.2) is 0 Å². The zero-order valence-corrected chi connectivity index (χ0v) is 9.70. The molecule has 0 aliphatic rings. The molecular weight excluding hydrogens is 220 g/mol. The van der Waals surface area contributed by atoms with Crippen molar-refractivity contribution < 1.29 is 4.79 Å². The highest BCUT2D eigenvalue weighted by atomic mass is 32.1. The number of nitrogen functional groups attached to an aromatic ring is 1. The van der Waals surface area contributed by atoms with E-state index in [9.17, 15) is 4.79 Å². The average Bonchev–Trinajstić information content (AvgIpc) is 2.81.